The summed E-state index contributed by atoms with van der Waals surface area (Å²) in [5.74, 6) is 1.27. The summed E-state index contributed by atoms with van der Waals surface area (Å²) in [4.78, 5) is 9.39. The lowest BCUT2D eigenvalue weighted by molar-refractivity contribution is 0.133. The molecule has 2 rings (SSSR count). The highest BCUT2D eigenvalue weighted by Crippen LogP contribution is 2.17. The van der Waals surface area contributed by atoms with E-state index in [0.29, 0.717) is 32.2 Å². The quantitative estimate of drug-likeness (QED) is 0.513. The first-order chi connectivity index (χ1) is 12.6. The number of aromatic nitrogens is 1. The van der Waals surface area contributed by atoms with Crippen LogP contribution in [0.3, 0.4) is 0 Å². The Morgan fingerprint density at radius 1 is 1.19 bits per heavy atom. The first-order valence-electron chi connectivity index (χ1n) is 9.25. The van der Waals surface area contributed by atoms with E-state index >= 15 is 0 Å². The predicted molar refractivity (Wildman–Crippen MR) is 110 cm³/mol. The second-order valence-electron chi connectivity index (χ2n) is 6.28. The van der Waals surface area contributed by atoms with Crippen LogP contribution >= 0.6 is 11.3 Å². The number of benzene rings is 1. The van der Waals surface area contributed by atoms with Crippen molar-refractivity contribution in [3.05, 3.63) is 51.5 Å². The minimum Gasteiger partial charge on any atom is -0.377 e. The normalized spacial score (nSPS) is 11.8. The SMILES string of the molecule is CCNC(=NCc1ccccc1COCC)NCc1nc(C(C)C)cs1. The Bertz CT molecular complexity index is 697. The van der Waals surface area contributed by atoms with E-state index < -0.39 is 0 Å². The van der Waals surface area contributed by atoms with Gasteiger partial charge in [0.2, 0.25) is 0 Å². The average Bonchev–Trinajstić information content (AvgIpc) is 3.12. The molecule has 0 saturated carbocycles. The molecule has 2 aromatic rings. The van der Waals surface area contributed by atoms with Crippen LogP contribution in [0.4, 0.5) is 0 Å². The smallest absolute Gasteiger partial charge is 0.191 e. The second-order valence-corrected chi connectivity index (χ2v) is 7.22. The number of thiazole rings is 1. The van der Waals surface area contributed by atoms with Gasteiger partial charge in [-0.25, -0.2) is 9.98 Å². The molecule has 26 heavy (non-hydrogen) atoms. The van der Waals surface area contributed by atoms with E-state index in [2.05, 4.69) is 53.9 Å². The molecule has 1 aromatic carbocycles. The number of ether oxygens (including phenoxy) is 1. The number of rotatable bonds is 9. The highest BCUT2D eigenvalue weighted by Gasteiger charge is 2.07. The van der Waals surface area contributed by atoms with Crippen molar-refractivity contribution in [2.24, 2.45) is 4.99 Å². The molecule has 0 aliphatic heterocycles. The molecule has 0 aliphatic carbocycles. The number of aliphatic imine (C=N–C) groups is 1. The van der Waals surface area contributed by atoms with Crippen molar-refractivity contribution in [1.29, 1.82) is 0 Å². The molecule has 2 N–H and O–H groups in total. The third-order valence-corrected chi connectivity index (χ3v) is 4.77. The molecule has 6 heteroatoms. The van der Waals surface area contributed by atoms with Crippen molar-refractivity contribution < 1.29 is 4.74 Å². The maximum Gasteiger partial charge on any atom is 0.191 e. The van der Waals surface area contributed by atoms with Gasteiger partial charge in [0, 0.05) is 18.5 Å². The van der Waals surface area contributed by atoms with Gasteiger partial charge in [0.05, 0.1) is 25.4 Å². The molecule has 0 fully saturated rings. The van der Waals surface area contributed by atoms with Gasteiger partial charge in [0.1, 0.15) is 5.01 Å². The van der Waals surface area contributed by atoms with Crippen molar-refractivity contribution in [2.75, 3.05) is 13.2 Å². The first kappa shape index (κ1) is 20.4. The molecule has 0 atom stereocenters. The van der Waals surface area contributed by atoms with Crippen molar-refractivity contribution >= 4 is 17.3 Å². The Balaban J connectivity index is 1.99. The molecule has 0 bridgehead atoms. The molecule has 142 valence electrons. The fourth-order valence-corrected chi connectivity index (χ4v) is 3.30. The summed E-state index contributed by atoms with van der Waals surface area (Å²) in [5, 5.41) is 9.89. The lowest BCUT2D eigenvalue weighted by Crippen LogP contribution is -2.36. The third-order valence-electron chi connectivity index (χ3n) is 3.90. The van der Waals surface area contributed by atoms with E-state index in [0.717, 1.165) is 23.2 Å². The van der Waals surface area contributed by atoms with Crippen LogP contribution in [-0.4, -0.2) is 24.1 Å². The van der Waals surface area contributed by atoms with Gasteiger partial charge >= 0.3 is 0 Å². The Labute approximate surface area is 160 Å². The van der Waals surface area contributed by atoms with E-state index in [1.165, 1.54) is 11.1 Å². The molecular formula is C20H30N4OS. The van der Waals surface area contributed by atoms with Gasteiger partial charge in [-0.3, -0.25) is 0 Å². The lowest BCUT2D eigenvalue weighted by Gasteiger charge is -2.12. The van der Waals surface area contributed by atoms with Gasteiger partial charge in [0.15, 0.2) is 5.96 Å². The summed E-state index contributed by atoms with van der Waals surface area (Å²) in [7, 11) is 0. The van der Waals surface area contributed by atoms with Crippen molar-refractivity contribution in [3.63, 3.8) is 0 Å². The first-order valence-corrected chi connectivity index (χ1v) is 10.1. The van der Waals surface area contributed by atoms with Gasteiger partial charge in [-0.2, -0.15) is 0 Å². The van der Waals surface area contributed by atoms with E-state index in [1.54, 1.807) is 11.3 Å². The number of nitrogens with zero attached hydrogens (tertiary/aromatic N) is 2. The predicted octanol–water partition coefficient (Wildman–Crippen LogP) is 4.06. The minimum absolute atomic E-state index is 0.462. The molecule has 0 unspecified atom stereocenters. The Morgan fingerprint density at radius 3 is 2.62 bits per heavy atom. The zero-order chi connectivity index (χ0) is 18.8. The maximum atomic E-state index is 5.55. The number of hydrogen-bond donors (Lipinski definition) is 2. The number of hydrogen-bond acceptors (Lipinski definition) is 4. The van der Waals surface area contributed by atoms with E-state index in [9.17, 15) is 0 Å². The highest BCUT2D eigenvalue weighted by molar-refractivity contribution is 7.09. The van der Waals surface area contributed by atoms with Crippen LogP contribution in [-0.2, 0) is 24.4 Å². The summed E-state index contributed by atoms with van der Waals surface area (Å²) in [6.45, 7) is 11.9. The second kappa shape index (κ2) is 10.9. The molecule has 0 aliphatic rings. The third kappa shape index (κ3) is 6.42. The largest absolute Gasteiger partial charge is 0.377 e. The zero-order valence-corrected chi connectivity index (χ0v) is 17.0. The van der Waals surface area contributed by atoms with Crippen LogP contribution in [0.2, 0.25) is 0 Å². The number of nitrogens with one attached hydrogen (secondary N) is 2. The van der Waals surface area contributed by atoms with Gasteiger partial charge in [-0.1, -0.05) is 38.1 Å². The molecule has 1 heterocycles. The van der Waals surface area contributed by atoms with Crippen molar-refractivity contribution in [1.82, 2.24) is 15.6 Å². The molecule has 5 nitrogen and oxygen atoms in total. The highest BCUT2D eigenvalue weighted by atomic mass is 32.1. The van der Waals surface area contributed by atoms with Crippen LogP contribution in [0, 0.1) is 0 Å². The van der Waals surface area contributed by atoms with Crippen molar-refractivity contribution in [2.45, 2.75) is 53.3 Å². The average molecular weight is 375 g/mol. The standard InChI is InChI=1S/C20H30N4OS/c1-5-21-20(23-12-19-24-18(14-26-19)15(3)4)22-11-16-9-7-8-10-17(16)13-25-6-2/h7-10,14-15H,5-6,11-13H2,1-4H3,(H2,21,22,23). The number of guanidine groups is 1. The van der Waals surface area contributed by atoms with E-state index in [4.69, 9.17) is 9.73 Å². The molecule has 0 amide bonds. The van der Waals surface area contributed by atoms with Crippen LogP contribution in [0.15, 0.2) is 34.6 Å². The maximum absolute atomic E-state index is 5.55. The molecule has 0 spiro atoms. The van der Waals surface area contributed by atoms with Crippen LogP contribution < -0.4 is 10.6 Å². The molecular weight excluding hydrogens is 344 g/mol. The summed E-state index contributed by atoms with van der Waals surface area (Å²) in [5.41, 5.74) is 3.53. The summed E-state index contributed by atoms with van der Waals surface area (Å²) >= 11 is 1.69. The Morgan fingerprint density at radius 2 is 1.96 bits per heavy atom. The monoisotopic (exact) mass is 374 g/mol. The molecule has 0 radical (unpaired) electrons. The van der Waals surface area contributed by atoms with Gasteiger partial charge in [0.25, 0.3) is 0 Å². The van der Waals surface area contributed by atoms with Crippen molar-refractivity contribution in [3.8, 4) is 0 Å². The van der Waals surface area contributed by atoms with Gasteiger partial charge in [-0.05, 0) is 30.9 Å². The fraction of sp³-hybridized carbons (Fsp3) is 0.500. The van der Waals surface area contributed by atoms with Crippen LogP contribution in [0.5, 0.6) is 0 Å². The van der Waals surface area contributed by atoms with Crippen LogP contribution in [0.1, 0.15) is 55.4 Å². The topological polar surface area (TPSA) is 58.5 Å². The summed E-state index contributed by atoms with van der Waals surface area (Å²) < 4.78 is 5.55. The Hall–Kier alpha value is -1.92. The van der Waals surface area contributed by atoms with E-state index in [1.807, 2.05) is 19.1 Å². The zero-order valence-electron chi connectivity index (χ0n) is 16.2. The Kier molecular flexibility index (Phi) is 8.58. The summed E-state index contributed by atoms with van der Waals surface area (Å²) in [6.07, 6.45) is 0. The summed E-state index contributed by atoms with van der Waals surface area (Å²) in [6, 6.07) is 8.30. The molecule has 0 saturated heterocycles. The van der Waals surface area contributed by atoms with Gasteiger partial charge in [-0.15, -0.1) is 11.3 Å². The molecule has 1 aromatic heterocycles. The lowest BCUT2D eigenvalue weighted by atomic mass is 10.1. The minimum atomic E-state index is 0.462. The van der Waals surface area contributed by atoms with E-state index in [-0.39, 0.29) is 0 Å². The van der Waals surface area contributed by atoms with Crippen LogP contribution in [0.25, 0.3) is 0 Å². The van der Waals surface area contributed by atoms with Gasteiger partial charge < -0.3 is 15.4 Å². The fourth-order valence-electron chi connectivity index (χ4n) is 2.40.